The number of nitrogens with one attached hydrogen (secondary N) is 3. The Hall–Kier alpha value is -6.31. The second-order valence-corrected chi connectivity index (χ2v) is 16.8. The van der Waals surface area contributed by atoms with Crippen LogP contribution in [0.25, 0.3) is 44.4 Å². The molecule has 0 aliphatic carbocycles. The number of H-pyrrole nitrogens is 2. The highest BCUT2D eigenvalue weighted by molar-refractivity contribution is 5.91. The molecule has 0 unspecified atom stereocenters. The third-order valence-electron chi connectivity index (χ3n) is 12.2. The molecule has 3 amide bonds. The summed E-state index contributed by atoms with van der Waals surface area (Å²) in [6.45, 7) is 13.4. The number of benzene rings is 3. The molecule has 13 heteroatoms. The molecule has 0 spiro atoms. The summed E-state index contributed by atoms with van der Waals surface area (Å²) in [4.78, 5) is 62.1. The first kappa shape index (κ1) is 44.7. The Labute approximate surface area is 370 Å². The minimum absolute atomic E-state index is 0.0129. The van der Waals surface area contributed by atoms with Gasteiger partial charge >= 0.3 is 6.09 Å². The summed E-state index contributed by atoms with van der Waals surface area (Å²) in [5, 5.41) is 4.92. The standard InChI is InChI=1S/C50H60N8O5/c1-9-12-14-32(10-2)45(56(6)7)49(60)58-30-39(63-11-3)27-43(58)47-52-28-40(53-47)34-18-16-33(17-19-34)35-20-21-37-26-38(23-22-36(37)25-35)41-29-51-46(54-41)42-15-13-24-57(42)48(59)44(31(4)5)55-50(61)62-8/h9-10,12,14,16-23,25-26,28-29,31,39,42-45H,2,11,13,15,24,27,30H2,1,3-8H3,(H,51,54)(H,52,53)(H,55,61)/b12-9-,32-14+/t39-,42-,43-,44-,45+/m0/s1. The van der Waals surface area contributed by atoms with Gasteiger partial charge in [0.05, 0.1) is 49.1 Å². The van der Waals surface area contributed by atoms with E-state index in [1.165, 1.54) is 7.11 Å². The topological polar surface area (TPSA) is 149 Å². The van der Waals surface area contributed by atoms with Crippen molar-refractivity contribution in [2.45, 2.75) is 77.2 Å². The van der Waals surface area contributed by atoms with Crippen LogP contribution in [-0.2, 0) is 19.1 Å². The number of imidazole rings is 2. The number of likely N-dealkylation sites (N-methyl/N-ethyl adjacent to an activating group) is 1. The van der Waals surface area contributed by atoms with E-state index < -0.39 is 18.2 Å². The summed E-state index contributed by atoms with van der Waals surface area (Å²) in [7, 11) is 5.12. The maximum atomic E-state index is 14.3. The zero-order valence-corrected chi connectivity index (χ0v) is 37.4. The van der Waals surface area contributed by atoms with E-state index in [1.54, 1.807) is 6.08 Å². The van der Waals surface area contributed by atoms with Crippen LogP contribution in [0.2, 0.25) is 0 Å². The maximum Gasteiger partial charge on any atom is 0.407 e. The lowest BCUT2D eigenvalue weighted by Gasteiger charge is -2.31. The number of hydrogen-bond donors (Lipinski definition) is 3. The monoisotopic (exact) mass is 852 g/mol. The van der Waals surface area contributed by atoms with Gasteiger partial charge in [-0.2, -0.15) is 0 Å². The number of methoxy groups -OCH3 is 1. The lowest BCUT2D eigenvalue weighted by Crippen LogP contribution is -2.51. The van der Waals surface area contributed by atoms with Crippen molar-refractivity contribution in [3.8, 4) is 33.6 Å². The largest absolute Gasteiger partial charge is 0.453 e. The van der Waals surface area contributed by atoms with Crippen LogP contribution < -0.4 is 5.32 Å². The van der Waals surface area contributed by atoms with E-state index in [1.807, 2.05) is 87.1 Å². The first-order valence-electron chi connectivity index (χ1n) is 21.9. The normalized spacial score (nSPS) is 19.1. The molecule has 63 heavy (non-hydrogen) atoms. The first-order chi connectivity index (χ1) is 30.4. The van der Waals surface area contributed by atoms with Gasteiger partial charge in [-0.25, -0.2) is 14.8 Å². The average Bonchev–Trinajstić information content (AvgIpc) is 4.13. The Morgan fingerprint density at radius 1 is 0.889 bits per heavy atom. The predicted octanol–water partition coefficient (Wildman–Crippen LogP) is 8.63. The van der Waals surface area contributed by atoms with Crippen LogP contribution in [0.1, 0.15) is 70.7 Å². The third kappa shape index (κ3) is 9.69. The van der Waals surface area contributed by atoms with E-state index >= 15 is 0 Å². The number of rotatable bonds is 15. The van der Waals surface area contributed by atoms with Gasteiger partial charge in [-0.15, -0.1) is 0 Å². The molecule has 13 nitrogen and oxygen atoms in total. The van der Waals surface area contributed by atoms with Crippen molar-refractivity contribution >= 4 is 28.7 Å². The van der Waals surface area contributed by atoms with Crippen molar-refractivity contribution in [1.29, 1.82) is 0 Å². The summed E-state index contributed by atoms with van der Waals surface area (Å²) >= 11 is 0. The van der Waals surface area contributed by atoms with Crippen LogP contribution in [0.15, 0.2) is 110 Å². The van der Waals surface area contributed by atoms with Gasteiger partial charge in [-0.3, -0.25) is 14.5 Å². The van der Waals surface area contributed by atoms with E-state index in [-0.39, 0.29) is 35.9 Å². The molecule has 2 aliphatic heterocycles. The number of nitrogens with zero attached hydrogens (tertiary/aromatic N) is 5. The number of likely N-dealkylation sites (tertiary alicyclic amines) is 2. The summed E-state index contributed by atoms with van der Waals surface area (Å²) in [6.07, 6.45) is 12.8. The first-order valence-corrected chi connectivity index (χ1v) is 21.9. The highest BCUT2D eigenvalue weighted by atomic mass is 16.5. The number of aromatic amines is 2. The van der Waals surface area contributed by atoms with Crippen molar-refractivity contribution in [3.63, 3.8) is 0 Å². The Bertz CT molecular complexity index is 2480. The number of aromatic nitrogens is 4. The second kappa shape index (κ2) is 19.8. The Kier molecular flexibility index (Phi) is 14.1. The molecule has 3 N–H and O–H groups in total. The molecule has 0 saturated carbocycles. The molecule has 0 radical (unpaired) electrons. The molecule has 5 atom stereocenters. The van der Waals surface area contributed by atoms with E-state index in [2.05, 4.69) is 82.5 Å². The van der Waals surface area contributed by atoms with Gasteiger partial charge in [-0.1, -0.05) is 93.3 Å². The molecule has 3 aromatic carbocycles. The fourth-order valence-electron chi connectivity index (χ4n) is 8.89. The van der Waals surface area contributed by atoms with E-state index in [0.717, 1.165) is 74.5 Å². The third-order valence-corrected chi connectivity index (χ3v) is 12.2. The SMILES string of the molecule is C=C/C(=C\C=C/C)[C@H](C(=O)N1C[C@@H](OCC)C[C@H]1c1ncc(-c2ccc(-c3ccc4cc(-c5cnc([C@@H]6CCCN6C(=O)[C@@H](NC(=O)OC)C(C)C)[nH]5)ccc4c3)cc2)[nH]1)N(C)C. The lowest BCUT2D eigenvalue weighted by molar-refractivity contribution is -0.136. The van der Waals surface area contributed by atoms with Crippen LogP contribution in [-0.4, -0.2) is 112 Å². The summed E-state index contributed by atoms with van der Waals surface area (Å²) < 4.78 is 10.8. The molecule has 2 aliphatic rings. The summed E-state index contributed by atoms with van der Waals surface area (Å²) in [5.41, 5.74) is 6.77. The number of carbonyl (C=O) groups excluding carboxylic acids is 3. The number of fused-ring (bicyclic) bond motifs is 1. The van der Waals surface area contributed by atoms with Crippen LogP contribution in [0.3, 0.4) is 0 Å². The summed E-state index contributed by atoms with van der Waals surface area (Å²) in [6, 6.07) is 19.6. The van der Waals surface area contributed by atoms with Gasteiger partial charge in [-0.05, 0) is 91.9 Å². The second-order valence-electron chi connectivity index (χ2n) is 16.8. The minimum atomic E-state index is -0.687. The lowest BCUT2D eigenvalue weighted by atomic mass is 9.98. The van der Waals surface area contributed by atoms with Gasteiger partial charge in [0.2, 0.25) is 11.8 Å². The molecule has 5 aromatic rings. The molecule has 330 valence electrons. The Morgan fingerprint density at radius 2 is 1.51 bits per heavy atom. The number of alkyl carbamates (subject to hydrolysis) is 1. The fourth-order valence-corrected chi connectivity index (χ4v) is 8.89. The Morgan fingerprint density at radius 3 is 2.13 bits per heavy atom. The van der Waals surface area contributed by atoms with E-state index in [9.17, 15) is 14.4 Å². The van der Waals surface area contributed by atoms with Crippen molar-refractivity contribution < 1.29 is 23.9 Å². The van der Waals surface area contributed by atoms with Gasteiger partial charge in [0.1, 0.15) is 23.7 Å². The van der Waals surface area contributed by atoms with Crippen molar-refractivity contribution in [1.82, 2.24) is 40.0 Å². The van der Waals surface area contributed by atoms with Crippen molar-refractivity contribution in [2.75, 3.05) is 40.9 Å². The Balaban J connectivity index is 1.05. The highest BCUT2D eigenvalue weighted by Crippen LogP contribution is 2.37. The number of carbonyl (C=O) groups is 3. The van der Waals surface area contributed by atoms with Crippen molar-refractivity contribution in [2.24, 2.45) is 5.92 Å². The van der Waals surface area contributed by atoms with Gasteiger partial charge < -0.3 is 34.6 Å². The van der Waals surface area contributed by atoms with Crippen LogP contribution in [0.5, 0.6) is 0 Å². The summed E-state index contributed by atoms with van der Waals surface area (Å²) in [5.74, 6) is 1.22. The smallest absolute Gasteiger partial charge is 0.407 e. The molecule has 2 aromatic heterocycles. The van der Waals surface area contributed by atoms with E-state index in [4.69, 9.17) is 19.4 Å². The maximum absolute atomic E-state index is 14.3. The highest BCUT2D eigenvalue weighted by Gasteiger charge is 2.42. The molecule has 0 bridgehead atoms. The van der Waals surface area contributed by atoms with Crippen LogP contribution in [0, 0.1) is 5.92 Å². The average molecular weight is 853 g/mol. The van der Waals surface area contributed by atoms with Crippen molar-refractivity contribution in [3.05, 3.63) is 121 Å². The molecular formula is C50H60N8O5. The number of allylic oxidation sites excluding steroid dienone is 3. The van der Waals surface area contributed by atoms with Gasteiger partial charge in [0, 0.05) is 31.7 Å². The zero-order valence-electron chi connectivity index (χ0n) is 37.4. The van der Waals surface area contributed by atoms with Gasteiger partial charge in [0.15, 0.2) is 0 Å². The quantitative estimate of drug-likeness (QED) is 0.0887. The predicted molar refractivity (Wildman–Crippen MR) is 247 cm³/mol. The zero-order chi connectivity index (χ0) is 44.8. The molecule has 7 rings (SSSR count). The molecule has 2 fully saturated rings. The number of ether oxygens (including phenoxy) is 2. The van der Waals surface area contributed by atoms with E-state index in [0.29, 0.717) is 26.1 Å². The van der Waals surface area contributed by atoms with Gasteiger partial charge in [0.25, 0.3) is 0 Å². The van der Waals surface area contributed by atoms with Crippen LogP contribution >= 0.6 is 0 Å². The molecule has 4 heterocycles. The number of amides is 3. The number of hydrogen-bond acceptors (Lipinski definition) is 8. The molecule has 2 saturated heterocycles. The fraction of sp³-hybridized carbons (Fsp3) is 0.380. The minimum Gasteiger partial charge on any atom is -0.453 e. The van der Waals surface area contributed by atoms with Crippen LogP contribution in [0.4, 0.5) is 4.79 Å². The molecular weight excluding hydrogens is 793 g/mol.